The first-order chi connectivity index (χ1) is 30.2. The van der Waals surface area contributed by atoms with Crippen LogP contribution in [-0.2, 0) is 0 Å². The molecular weight excluding hydrogens is 757 g/mol. The number of aromatic nitrogens is 2. The summed E-state index contributed by atoms with van der Waals surface area (Å²) in [6, 6.07) is 75.3. The number of hydrogen-bond donors (Lipinski definition) is 0. The van der Waals surface area contributed by atoms with Crippen molar-refractivity contribution in [1.82, 2.24) is 9.97 Å². The highest BCUT2D eigenvalue weighted by molar-refractivity contribution is 7.22. The molecule has 0 atom stereocenters. The molecule has 11 aromatic carbocycles. The second-order valence-corrected chi connectivity index (χ2v) is 17.2. The molecule has 0 aliphatic rings. The Bertz CT molecular complexity index is 3830. The molecule has 2 nitrogen and oxygen atoms in total. The summed E-state index contributed by atoms with van der Waals surface area (Å²) in [6.07, 6.45) is 0. The van der Waals surface area contributed by atoms with Gasteiger partial charge in [0, 0.05) is 26.3 Å². The minimum atomic E-state index is 0.708. The van der Waals surface area contributed by atoms with E-state index in [0.29, 0.717) is 5.82 Å². The number of rotatable bonds is 5. The smallest absolute Gasteiger partial charge is 0.160 e. The minimum Gasteiger partial charge on any atom is -0.228 e. The van der Waals surface area contributed by atoms with Gasteiger partial charge in [0.1, 0.15) is 0 Å². The number of benzene rings is 10. The average molecular weight is 791 g/mol. The van der Waals surface area contributed by atoms with Crippen LogP contribution in [0.15, 0.2) is 206 Å². The standard InChI is InChI=1S/C58H34N2S/c1-2-10-40(11-3-1)58-59-50(35-22-24-36(25-23-35)53-33-43-12-4-5-21-52(43)61-53)34-51(60-58)42-17-6-16-41(30-42)45-31-44-29-28-39-14-8-19-47-46-18-7-13-37-26-27-38-15-9-20-48(56(38)54(37)46)49(32-45)57(44)55(39)47/h1-34H. The molecule has 61 heavy (non-hydrogen) atoms. The van der Waals surface area contributed by atoms with Gasteiger partial charge in [-0.1, -0.05) is 170 Å². The first kappa shape index (κ1) is 34.2. The third-order valence-corrected chi connectivity index (χ3v) is 13.7. The van der Waals surface area contributed by atoms with Crippen molar-refractivity contribution in [3.05, 3.63) is 206 Å². The zero-order valence-electron chi connectivity index (χ0n) is 32.9. The summed E-state index contributed by atoms with van der Waals surface area (Å²) in [5.74, 6) is 0.708. The van der Waals surface area contributed by atoms with Gasteiger partial charge in [0.15, 0.2) is 5.82 Å². The zero-order valence-corrected chi connectivity index (χ0v) is 33.7. The highest BCUT2D eigenvalue weighted by Crippen LogP contribution is 2.45. The lowest BCUT2D eigenvalue weighted by molar-refractivity contribution is 1.18. The first-order valence-corrected chi connectivity index (χ1v) is 21.6. The molecule has 0 saturated carbocycles. The molecule has 282 valence electrons. The monoisotopic (exact) mass is 790 g/mol. The van der Waals surface area contributed by atoms with Crippen LogP contribution in [0.1, 0.15) is 0 Å². The summed E-state index contributed by atoms with van der Waals surface area (Å²) in [5.41, 5.74) is 8.39. The quantitative estimate of drug-likeness (QED) is 0.162. The Balaban J connectivity index is 0.997. The van der Waals surface area contributed by atoms with Gasteiger partial charge in [0.05, 0.1) is 11.4 Å². The van der Waals surface area contributed by atoms with Crippen LogP contribution < -0.4 is 0 Å². The number of nitrogens with zero attached hydrogens (tertiary/aromatic N) is 2. The molecule has 13 rings (SSSR count). The van der Waals surface area contributed by atoms with E-state index in [2.05, 4.69) is 188 Å². The molecule has 3 heteroatoms. The summed E-state index contributed by atoms with van der Waals surface area (Å²) in [4.78, 5) is 11.7. The first-order valence-electron chi connectivity index (χ1n) is 20.8. The van der Waals surface area contributed by atoms with Crippen LogP contribution in [0.3, 0.4) is 0 Å². The van der Waals surface area contributed by atoms with Gasteiger partial charge in [-0.3, -0.25) is 0 Å². The fourth-order valence-corrected chi connectivity index (χ4v) is 10.8. The summed E-state index contributed by atoms with van der Waals surface area (Å²) >= 11 is 1.83. The topological polar surface area (TPSA) is 25.8 Å². The molecule has 0 spiro atoms. The lowest BCUT2D eigenvalue weighted by atomic mass is 9.86. The molecule has 2 heterocycles. The van der Waals surface area contributed by atoms with Crippen molar-refractivity contribution in [3.63, 3.8) is 0 Å². The fraction of sp³-hybridized carbons (Fsp3) is 0. The van der Waals surface area contributed by atoms with Crippen molar-refractivity contribution >= 4 is 86.1 Å². The molecule has 0 N–H and O–H groups in total. The van der Waals surface area contributed by atoms with E-state index in [1.807, 2.05) is 29.5 Å². The van der Waals surface area contributed by atoms with Gasteiger partial charge in [-0.2, -0.15) is 0 Å². The van der Waals surface area contributed by atoms with Gasteiger partial charge >= 0.3 is 0 Å². The van der Waals surface area contributed by atoms with Crippen LogP contribution in [-0.4, -0.2) is 9.97 Å². The average Bonchev–Trinajstić information content (AvgIpc) is 3.77. The maximum Gasteiger partial charge on any atom is 0.160 e. The second-order valence-electron chi connectivity index (χ2n) is 16.1. The van der Waals surface area contributed by atoms with E-state index in [1.165, 1.54) is 90.7 Å². The molecular formula is C58H34N2S. The van der Waals surface area contributed by atoms with E-state index in [9.17, 15) is 0 Å². The summed E-state index contributed by atoms with van der Waals surface area (Å²) in [7, 11) is 0. The van der Waals surface area contributed by atoms with E-state index in [4.69, 9.17) is 9.97 Å². The molecule has 0 unspecified atom stereocenters. The largest absolute Gasteiger partial charge is 0.228 e. The number of hydrogen-bond acceptors (Lipinski definition) is 3. The third kappa shape index (κ3) is 5.48. The maximum absolute atomic E-state index is 5.23. The third-order valence-electron chi connectivity index (χ3n) is 12.6. The van der Waals surface area contributed by atoms with E-state index >= 15 is 0 Å². The lowest BCUT2D eigenvalue weighted by Gasteiger charge is -2.17. The van der Waals surface area contributed by atoms with Crippen molar-refractivity contribution in [2.75, 3.05) is 0 Å². The van der Waals surface area contributed by atoms with Crippen LogP contribution >= 0.6 is 11.3 Å². The highest BCUT2D eigenvalue weighted by atomic mass is 32.1. The predicted octanol–water partition coefficient (Wildman–Crippen LogP) is 16.4. The predicted molar refractivity (Wildman–Crippen MR) is 261 cm³/mol. The minimum absolute atomic E-state index is 0.708. The Morgan fingerprint density at radius 3 is 1.49 bits per heavy atom. The van der Waals surface area contributed by atoms with Gasteiger partial charge in [-0.15, -0.1) is 11.3 Å². The van der Waals surface area contributed by atoms with E-state index in [0.717, 1.165) is 33.6 Å². The summed E-state index contributed by atoms with van der Waals surface area (Å²) in [6.45, 7) is 0. The van der Waals surface area contributed by atoms with Gasteiger partial charge < -0.3 is 0 Å². The second kappa shape index (κ2) is 13.4. The SMILES string of the molecule is c1ccc(-c2nc(-c3ccc(-c4cc5ccccc5s4)cc3)cc(-c3cccc(-c4cc5ccc6cccc7c8cccc9ccc%10cccc(c(c4)c5c67)c%10c98)c3)n2)cc1. The molecule has 0 aliphatic heterocycles. The number of thiophene rings is 1. The Hall–Kier alpha value is -7.72. The molecule has 0 aliphatic carbocycles. The van der Waals surface area contributed by atoms with Crippen LogP contribution in [0, 0.1) is 0 Å². The summed E-state index contributed by atoms with van der Waals surface area (Å²) < 4.78 is 1.30. The van der Waals surface area contributed by atoms with Crippen LogP contribution in [0.2, 0.25) is 0 Å². The molecule has 13 aromatic rings. The fourth-order valence-electron chi connectivity index (χ4n) is 9.70. The Kier molecular flexibility index (Phi) is 7.51. The Morgan fingerprint density at radius 2 is 0.803 bits per heavy atom. The molecule has 0 fully saturated rings. The maximum atomic E-state index is 5.23. The molecule has 0 radical (unpaired) electrons. The molecule has 2 aromatic heterocycles. The Labute approximate surface area is 356 Å². The Morgan fingerprint density at radius 1 is 0.279 bits per heavy atom. The van der Waals surface area contributed by atoms with Gasteiger partial charge in [-0.25, -0.2) is 9.97 Å². The molecule has 0 saturated heterocycles. The van der Waals surface area contributed by atoms with Crippen molar-refractivity contribution < 1.29 is 0 Å². The molecule has 0 amide bonds. The van der Waals surface area contributed by atoms with Crippen molar-refractivity contribution in [2.24, 2.45) is 0 Å². The van der Waals surface area contributed by atoms with Gasteiger partial charge in [-0.05, 0) is 123 Å². The zero-order chi connectivity index (χ0) is 40.0. The highest BCUT2D eigenvalue weighted by Gasteiger charge is 2.18. The van der Waals surface area contributed by atoms with Crippen molar-refractivity contribution in [3.8, 4) is 55.5 Å². The van der Waals surface area contributed by atoms with Crippen LogP contribution in [0.5, 0.6) is 0 Å². The summed E-state index contributed by atoms with van der Waals surface area (Å²) in [5, 5.41) is 16.7. The lowest BCUT2D eigenvalue weighted by Crippen LogP contribution is -1.96. The molecule has 0 bridgehead atoms. The van der Waals surface area contributed by atoms with Gasteiger partial charge in [0.2, 0.25) is 0 Å². The van der Waals surface area contributed by atoms with E-state index < -0.39 is 0 Å². The number of fused-ring (bicyclic) bond motifs is 3. The van der Waals surface area contributed by atoms with Crippen molar-refractivity contribution in [1.29, 1.82) is 0 Å². The van der Waals surface area contributed by atoms with Crippen LogP contribution in [0.25, 0.3) is 130 Å². The van der Waals surface area contributed by atoms with Crippen molar-refractivity contribution in [2.45, 2.75) is 0 Å². The van der Waals surface area contributed by atoms with E-state index in [-0.39, 0.29) is 0 Å². The normalized spacial score (nSPS) is 11.9. The van der Waals surface area contributed by atoms with Crippen LogP contribution in [0.4, 0.5) is 0 Å². The van der Waals surface area contributed by atoms with Gasteiger partial charge in [0.25, 0.3) is 0 Å². The van der Waals surface area contributed by atoms with E-state index in [1.54, 1.807) is 0 Å².